The molecule has 0 aliphatic heterocycles. The molecule has 0 spiro atoms. The van der Waals surface area contributed by atoms with Crippen molar-refractivity contribution in [3.63, 3.8) is 0 Å². The quantitative estimate of drug-likeness (QED) is 0.316. The Hall–Kier alpha value is -0.300. The second kappa shape index (κ2) is 12.1. The molecule has 0 fully saturated rings. The third-order valence-electron chi connectivity index (χ3n) is 5.03. The second-order valence-corrected chi connectivity index (χ2v) is 9.24. The van der Waals surface area contributed by atoms with Crippen molar-refractivity contribution in [1.82, 2.24) is 0 Å². The van der Waals surface area contributed by atoms with Crippen LogP contribution in [0.4, 0.5) is 0 Å². The zero-order chi connectivity index (χ0) is 17.0. The highest BCUT2D eigenvalue weighted by molar-refractivity contribution is 7.10. The van der Waals surface area contributed by atoms with Crippen molar-refractivity contribution < 1.29 is 0 Å². The Bertz CT molecular complexity index is 358. The zero-order valence-electron chi connectivity index (χ0n) is 16.2. The third kappa shape index (κ3) is 9.55. The molecule has 0 nitrogen and oxygen atoms in total. The van der Waals surface area contributed by atoms with E-state index in [-0.39, 0.29) is 0 Å². The minimum Gasteiger partial charge on any atom is -0.149 e. The van der Waals surface area contributed by atoms with Crippen LogP contribution in [0.3, 0.4) is 0 Å². The van der Waals surface area contributed by atoms with Gasteiger partial charge in [-0.05, 0) is 29.2 Å². The van der Waals surface area contributed by atoms with Crippen LogP contribution in [-0.4, -0.2) is 0 Å². The number of unbranched alkanes of at least 4 members (excludes halogenated alkanes) is 10. The van der Waals surface area contributed by atoms with E-state index in [9.17, 15) is 0 Å². The van der Waals surface area contributed by atoms with E-state index in [1.807, 2.05) is 11.3 Å². The first kappa shape index (κ1) is 20.7. The van der Waals surface area contributed by atoms with Crippen LogP contribution in [0.2, 0.25) is 0 Å². The summed E-state index contributed by atoms with van der Waals surface area (Å²) >= 11 is 1.94. The molecule has 0 aliphatic carbocycles. The summed E-state index contributed by atoms with van der Waals surface area (Å²) in [6.45, 7) is 9.49. The summed E-state index contributed by atoms with van der Waals surface area (Å²) in [4.78, 5) is 1.59. The molecule has 0 amide bonds. The first-order chi connectivity index (χ1) is 11.1. The molecule has 0 saturated heterocycles. The van der Waals surface area contributed by atoms with Gasteiger partial charge in [-0.2, -0.15) is 0 Å². The van der Waals surface area contributed by atoms with Crippen LogP contribution in [-0.2, 0) is 0 Å². The van der Waals surface area contributed by atoms with Crippen molar-refractivity contribution in [2.24, 2.45) is 5.41 Å². The SMILES string of the molecule is CCCCCCCCCCCCCC(c1cccs1)C(C)(C)C. The van der Waals surface area contributed by atoms with Crippen LogP contribution < -0.4 is 0 Å². The maximum absolute atomic E-state index is 2.40. The van der Waals surface area contributed by atoms with Gasteiger partial charge in [-0.1, -0.05) is 104 Å². The Balaban J connectivity index is 2.05. The van der Waals surface area contributed by atoms with Crippen molar-refractivity contribution in [1.29, 1.82) is 0 Å². The molecule has 1 heteroatoms. The summed E-state index contributed by atoms with van der Waals surface area (Å²) in [6.07, 6.45) is 17.2. The molecule has 1 rings (SSSR count). The molecule has 23 heavy (non-hydrogen) atoms. The summed E-state index contributed by atoms with van der Waals surface area (Å²) in [5.41, 5.74) is 0.392. The number of thiophene rings is 1. The number of hydrogen-bond donors (Lipinski definition) is 0. The molecule has 134 valence electrons. The highest BCUT2D eigenvalue weighted by atomic mass is 32.1. The molecule has 0 aliphatic rings. The van der Waals surface area contributed by atoms with Crippen molar-refractivity contribution in [3.8, 4) is 0 Å². The van der Waals surface area contributed by atoms with Crippen LogP contribution in [0.1, 0.15) is 116 Å². The number of hydrogen-bond acceptors (Lipinski definition) is 1. The van der Waals surface area contributed by atoms with Gasteiger partial charge in [0.05, 0.1) is 0 Å². The molecule has 0 bridgehead atoms. The van der Waals surface area contributed by atoms with Crippen LogP contribution in [0, 0.1) is 5.41 Å². The summed E-state index contributed by atoms with van der Waals surface area (Å²) in [5.74, 6) is 0.737. The highest BCUT2D eigenvalue weighted by Crippen LogP contribution is 2.40. The second-order valence-electron chi connectivity index (χ2n) is 8.26. The lowest BCUT2D eigenvalue weighted by Gasteiger charge is -2.30. The predicted molar refractivity (Wildman–Crippen MR) is 108 cm³/mol. The molecule has 1 atom stereocenters. The van der Waals surface area contributed by atoms with Gasteiger partial charge in [-0.3, -0.25) is 0 Å². The summed E-state index contributed by atoms with van der Waals surface area (Å²) in [6, 6.07) is 4.54. The van der Waals surface area contributed by atoms with Crippen molar-refractivity contribution in [2.45, 2.75) is 111 Å². The van der Waals surface area contributed by atoms with E-state index in [1.165, 1.54) is 77.0 Å². The van der Waals surface area contributed by atoms with Crippen LogP contribution in [0.15, 0.2) is 17.5 Å². The zero-order valence-corrected chi connectivity index (χ0v) is 17.0. The van der Waals surface area contributed by atoms with E-state index in [4.69, 9.17) is 0 Å². The Morgan fingerprint density at radius 3 is 1.78 bits per heavy atom. The fraction of sp³-hybridized carbons (Fsp3) is 0.818. The summed E-state index contributed by atoms with van der Waals surface area (Å²) in [7, 11) is 0. The van der Waals surface area contributed by atoms with Gasteiger partial charge in [0.15, 0.2) is 0 Å². The van der Waals surface area contributed by atoms with E-state index >= 15 is 0 Å². The fourth-order valence-electron chi connectivity index (χ4n) is 3.50. The van der Waals surface area contributed by atoms with Crippen LogP contribution in [0.5, 0.6) is 0 Å². The Morgan fingerprint density at radius 1 is 0.826 bits per heavy atom. The Kier molecular flexibility index (Phi) is 10.9. The standard InChI is InChI=1S/C22H40S/c1-5-6-7-8-9-10-11-12-13-14-15-17-20(22(2,3)4)21-18-16-19-23-21/h16,18-20H,5-15,17H2,1-4H3. The van der Waals surface area contributed by atoms with Gasteiger partial charge in [0, 0.05) is 4.88 Å². The average molecular weight is 337 g/mol. The van der Waals surface area contributed by atoms with Gasteiger partial charge in [0.25, 0.3) is 0 Å². The third-order valence-corrected chi connectivity index (χ3v) is 6.01. The lowest BCUT2D eigenvalue weighted by atomic mass is 9.77. The first-order valence-electron chi connectivity index (χ1n) is 10.1. The molecule has 0 radical (unpaired) electrons. The molecule has 1 heterocycles. The van der Waals surface area contributed by atoms with E-state index in [2.05, 4.69) is 45.2 Å². The van der Waals surface area contributed by atoms with Crippen molar-refractivity contribution >= 4 is 11.3 Å². The van der Waals surface area contributed by atoms with E-state index in [0.717, 1.165) is 5.92 Å². The molecule has 1 aromatic heterocycles. The van der Waals surface area contributed by atoms with Gasteiger partial charge in [0.2, 0.25) is 0 Å². The first-order valence-corrected chi connectivity index (χ1v) is 11.0. The van der Waals surface area contributed by atoms with Crippen LogP contribution >= 0.6 is 11.3 Å². The van der Waals surface area contributed by atoms with Gasteiger partial charge in [-0.15, -0.1) is 11.3 Å². The Labute approximate surface area is 150 Å². The van der Waals surface area contributed by atoms with E-state index < -0.39 is 0 Å². The van der Waals surface area contributed by atoms with Crippen molar-refractivity contribution in [3.05, 3.63) is 22.4 Å². The molecule has 0 saturated carbocycles. The largest absolute Gasteiger partial charge is 0.149 e. The molecule has 0 aromatic carbocycles. The number of rotatable bonds is 13. The van der Waals surface area contributed by atoms with Crippen LogP contribution in [0.25, 0.3) is 0 Å². The van der Waals surface area contributed by atoms with Gasteiger partial charge >= 0.3 is 0 Å². The molecule has 0 N–H and O–H groups in total. The van der Waals surface area contributed by atoms with Gasteiger partial charge in [-0.25, -0.2) is 0 Å². The lowest BCUT2D eigenvalue weighted by Crippen LogP contribution is -2.17. The smallest absolute Gasteiger partial charge is 0.00814 e. The Morgan fingerprint density at radius 2 is 1.35 bits per heavy atom. The molecule has 1 aromatic rings. The molecule has 1 unspecified atom stereocenters. The topological polar surface area (TPSA) is 0 Å². The summed E-state index contributed by atoms with van der Waals surface area (Å²) in [5, 5.41) is 2.23. The summed E-state index contributed by atoms with van der Waals surface area (Å²) < 4.78 is 0. The fourth-order valence-corrected chi connectivity index (χ4v) is 4.61. The molecular formula is C22H40S. The van der Waals surface area contributed by atoms with Crippen molar-refractivity contribution in [2.75, 3.05) is 0 Å². The highest BCUT2D eigenvalue weighted by Gasteiger charge is 2.26. The van der Waals surface area contributed by atoms with Gasteiger partial charge < -0.3 is 0 Å². The van der Waals surface area contributed by atoms with Gasteiger partial charge in [0.1, 0.15) is 0 Å². The maximum atomic E-state index is 2.40. The predicted octanol–water partition coefficient (Wildman–Crippen LogP) is 8.58. The normalized spacial score (nSPS) is 13.4. The minimum absolute atomic E-state index is 0.392. The minimum atomic E-state index is 0.392. The monoisotopic (exact) mass is 336 g/mol. The lowest BCUT2D eigenvalue weighted by molar-refractivity contribution is 0.301. The molecular weight excluding hydrogens is 296 g/mol. The van der Waals surface area contributed by atoms with E-state index in [1.54, 1.807) is 4.88 Å². The maximum Gasteiger partial charge on any atom is 0.00814 e. The van der Waals surface area contributed by atoms with E-state index in [0.29, 0.717) is 5.41 Å². The average Bonchev–Trinajstić information content (AvgIpc) is 3.01.